The maximum Gasteiger partial charge on any atom is 0.295 e. The van der Waals surface area contributed by atoms with Gasteiger partial charge in [-0.3, -0.25) is 9.59 Å². The maximum atomic E-state index is 12.1. The maximum absolute atomic E-state index is 12.1. The number of methoxy groups -OCH3 is 1. The summed E-state index contributed by atoms with van der Waals surface area (Å²) in [6, 6.07) is 14.1. The Morgan fingerprint density at radius 3 is 2.71 bits per heavy atom. The van der Waals surface area contributed by atoms with Crippen LogP contribution in [0.25, 0.3) is 11.0 Å². The summed E-state index contributed by atoms with van der Waals surface area (Å²) in [5.74, 6) is 0.0508. The lowest BCUT2D eigenvalue weighted by atomic mass is 10.2. The monoisotopic (exact) mass is 322 g/mol. The summed E-state index contributed by atoms with van der Waals surface area (Å²) < 4.78 is 5.06. The van der Waals surface area contributed by atoms with Crippen molar-refractivity contribution in [2.75, 3.05) is 7.11 Å². The number of carbonyl (C=O) groups is 1. The number of H-pyrrole nitrogens is 1. The Hall–Kier alpha value is -3.48. The summed E-state index contributed by atoms with van der Waals surface area (Å²) in [5.41, 5.74) is 3.37. The van der Waals surface area contributed by atoms with Crippen molar-refractivity contribution in [3.63, 3.8) is 0 Å². The Balaban J connectivity index is 1.75. The molecule has 2 aromatic carbocycles. The molecular formula is C17H14N4O3. The van der Waals surface area contributed by atoms with Gasteiger partial charge in [0.15, 0.2) is 5.69 Å². The molecular weight excluding hydrogens is 308 g/mol. The number of ether oxygens (including phenoxy) is 1. The molecule has 3 aromatic rings. The van der Waals surface area contributed by atoms with E-state index in [0.29, 0.717) is 11.0 Å². The predicted octanol–water partition coefficient (Wildman–Crippen LogP) is 1.70. The molecule has 0 aliphatic carbocycles. The fourth-order valence-corrected chi connectivity index (χ4v) is 2.09. The van der Waals surface area contributed by atoms with Crippen molar-refractivity contribution in [3.05, 3.63) is 70.1 Å². The average molecular weight is 322 g/mol. The number of hydrogen-bond acceptors (Lipinski definition) is 5. The van der Waals surface area contributed by atoms with Crippen LogP contribution in [0.1, 0.15) is 16.1 Å². The number of hydrazone groups is 1. The van der Waals surface area contributed by atoms with E-state index in [4.69, 9.17) is 4.74 Å². The van der Waals surface area contributed by atoms with Crippen molar-refractivity contribution in [1.29, 1.82) is 0 Å². The summed E-state index contributed by atoms with van der Waals surface area (Å²) in [4.78, 5) is 30.7. The topological polar surface area (TPSA) is 96.4 Å². The number of aromatic amines is 1. The minimum Gasteiger partial charge on any atom is -0.497 e. The third-order valence-electron chi connectivity index (χ3n) is 3.31. The van der Waals surface area contributed by atoms with Gasteiger partial charge in [0.2, 0.25) is 0 Å². The summed E-state index contributed by atoms with van der Waals surface area (Å²) in [6.07, 6.45) is 1.46. The molecule has 120 valence electrons. The van der Waals surface area contributed by atoms with Gasteiger partial charge in [-0.05, 0) is 42.0 Å². The number of benzene rings is 2. The van der Waals surface area contributed by atoms with E-state index in [0.717, 1.165) is 11.3 Å². The molecule has 0 aliphatic rings. The van der Waals surface area contributed by atoms with Crippen molar-refractivity contribution < 1.29 is 9.53 Å². The van der Waals surface area contributed by atoms with E-state index in [1.165, 1.54) is 6.21 Å². The molecule has 24 heavy (non-hydrogen) atoms. The van der Waals surface area contributed by atoms with Gasteiger partial charge < -0.3 is 9.72 Å². The molecule has 3 rings (SSSR count). The van der Waals surface area contributed by atoms with Gasteiger partial charge in [0, 0.05) is 0 Å². The van der Waals surface area contributed by atoms with Crippen molar-refractivity contribution >= 4 is 23.2 Å². The lowest BCUT2D eigenvalue weighted by molar-refractivity contribution is 0.0949. The van der Waals surface area contributed by atoms with Gasteiger partial charge in [0.05, 0.1) is 24.4 Å². The highest BCUT2D eigenvalue weighted by Crippen LogP contribution is 2.09. The quantitative estimate of drug-likeness (QED) is 0.564. The summed E-state index contributed by atoms with van der Waals surface area (Å²) >= 11 is 0. The minimum atomic E-state index is -0.674. The van der Waals surface area contributed by atoms with Crippen LogP contribution >= 0.6 is 0 Å². The fourth-order valence-electron chi connectivity index (χ4n) is 2.09. The summed E-state index contributed by atoms with van der Waals surface area (Å²) in [5, 5.41) is 3.84. The number of nitrogens with one attached hydrogen (secondary N) is 2. The summed E-state index contributed by atoms with van der Waals surface area (Å²) in [6.45, 7) is 0. The van der Waals surface area contributed by atoms with Crippen molar-refractivity contribution in [3.8, 4) is 5.75 Å². The smallest absolute Gasteiger partial charge is 0.295 e. The SMILES string of the molecule is COc1ccc(/C=N\NC(=O)c2nc3ccccc3[nH]c2=O)cc1. The Bertz CT molecular complexity index is 961. The molecule has 7 nitrogen and oxygen atoms in total. The van der Waals surface area contributed by atoms with Gasteiger partial charge in [0.1, 0.15) is 5.75 Å². The largest absolute Gasteiger partial charge is 0.497 e. The van der Waals surface area contributed by atoms with Gasteiger partial charge in [-0.25, -0.2) is 10.4 Å². The third kappa shape index (κ3) is 3.30. The lowest BCUT2D eigenvalue weighted by Gasteiger charge is -2.01. The zero-order valence-electron chi connectivity index (χ0n) is 12.8. The predicted molar refractivity (Wildman–Crippen MR) is 90.4 cm³/mol. The number of amides is 1. The van der Waals surface area contributed by atoms with Crippen LogP contribution in [0, 0.1) is 0 Å². The molecule has 1 aromatic heterocycles. The second kappa shape index (κ2) is 6.74. The molecule has 1 amide bonds. The van der Waals surface area contributed by atoms with E-state index in [2.05, 4.69) is 20.5 Å². The van der Waals surface area contributed by atoms with Crippen LogP contribution in [0.15, 0.2) is 58.4 Å². The Morgan fingerprint density at radius 1 is 1.21 bits per heavy atom. The second-order valence-corrected chi connectivity index (χ2v) is 4.90. The first-order chi connectivity index (χ1) is 11.7. The molecule has 1 heterocycles. The number of aromatic nitrogens is 2. The van der Waals surface area contributed by atoms with E-state index < -0.39 is 11.5 Å². The Morgan fingerprint density at radius 2 is 1.96 bits per heavy atom. The van der Waals surface area contributed by atoms with Crippen LogP contribution in [0.4, 0.5) is 0 Å². The molecule has 0 unspecified atom stereocenters. The number of carbonyl (C=O) groups excluding carboxylic acids is 1. The number of fused-ring (bicyclic) bond motifs is 1. The molecule has 0 spiro atoms. The van der Waals surface area contributed by atoms with Crippen LogP contribution in [-0.2, 0) is 0 Å². The molecule has 0 aliphatic heterocycles. The molecule has 0 bridgehead atoms. The molecule has 0 atom stereocenters. The first-order valence-electron chi connectivity index (χ1n) is 7.14. The van der Waals surface area contributed by atoms with Gasteiger partial charge in [-0.2, -0.15) is 5.10 Å². The minimum absolute atomic E-state index is 0.236. The zero-order valence-corrected chi connectivity index (χ0v) is 12.8. The first kappa shape index (κ1) is 15.4. The van der Waals surface area contributed by atoms with Crippen LogP contribution in [0.3, 0.4) is 0 Å². The average Bonchev–Trinajstić information content (AvgIpc) is 2.61. The van der Waals surface area contributed by atoms with Crippen molar-refractivity contribution in [2.45, 2.75) is 0 Å². The molecule has 0 fully saturated rings. The Labute approximate surface area is 137 Å². The number of rotatable bonds is 4. The molecule has 0 radical (unpaired) electrons. The van der Waals surface area contributed by atoms with Crippen LogP contribution in [0.5, 0.6) is 5.75 Å². The van der Waals surface area contributed by atoms with Crippen molar-refractivity contribution in [2.24, 2.45) is 5.10 Å². The van der Waals surface area contributed by atoms with E-state index >= 15 is 0 Å². The molecule has 0 saturated heterocycles. The van der Waals surface area contributed by atoms with Gasteiger partial charge in [-0.1, -0.05) is 12.1 Å². The van der Waals surface area contributed by atoms with Crippen molar-refractivity contribution in [1.82, 2.24) is 15.4 Å². The van der Waals surface area contributed by atoms with Gasteiger partial charge in [0.25, 0.3) is 11.5 Å². The molecule has 7 heteroatoms. The second-order valence-electron chi connectivity index (χ2n) is 4.90. The Kier molecular flexibility index (Phi) is 4.33. The third-order valence-corrected chi connectivity index (χ3v) is 3.31. The summed E-state index contributed by atoms with van der Waals surface area (Å²) in [7, 11) is 1.58. The van der Waals surface area contributed by atoms with E-state index in [-0.39, 0.29) is 5.69 Å². The van der Waals surface area contributed by atoms with E-state index in [9.17, 15) is 9.59 Å². The highest BCUT2D eigenvalue weighted by atomic mass is 16.5. The van der Waals surface area contributed by atoms with E-state index in [1.54, 1.807) is 55.6 Å². The molecule has 0 saturated carbocycles. The lowest BCUT2D eigenvalue weighted by Crippen LogP contribution is -2.28. The zero-order chi connectivity index (χ0) is 16.9. The van der Waals surface area contributed by atoms with Gasteiger partial charge in [-0.15, -0.1) is 0 Å². The van der Waals surface area contributed by atoms with Crippen LogP contribution in [0.2, 0.25) is 0 Å². The highest BCUT2D eigenvalue weighted by Gasteiger charge is 2.12. The fraction of sp³-hybridized carbons (Fsp3) is 0.0588. The number of nitrogens with zero attached hydrogens (tertiary/aromatic N) is 2. The normalized spacial score (nSPS) is 10.9. The number of hydrogen-bond donors (Lipinski definition) is 2. The molecule has 2 N–H and O–H groups in total. The van der Waals surface area contributed by atoms with E-state index in [1.807, 2.05) is 0 Å². The van der Waals surface area contributed by atoms with Crippen LogP contribution in [-0.4, -0.2) is 29.2 Å². The van der Waals surface area contributed by atoms with Gasteiger partial charge >= 0.3 is 0 Å². The van der Waals surface area contributed by atoms with Crippen LogP contribution < -0.4 is 15.7 Å². The highest BCUT2D eigenvalue weighted by molar-refractivity contribution is 5.94. The first-order valence-corrected chi connectivity index (χ1v) is 7.14. The standard InChI is InChI=1S/C17H14N4O3/c1-24-12-8-6-11(7-9-12)10-18-21-17(23)15-16(22)20-14-5-3-2-4-13(14)19-15/h2-10H,1H3,(H,20,22)(H,21,23)/b18-10-. The number of para-hydroxylation sites is 2.